The molecular formula is C16H23BCl2N2O2. The fourth-order valence-corrected chi connectivity index (χ4v) is 2.94. The van der Waals surface area contributed by atoms with Gasteiger partial charge in [-0.05, 0) is 52.3 Å². The number of benzene rings is 1. The van der Waals surface area contributed by atoms with Gasteiger partial charge in [0.05, 0.1) is 21.2 Å². The van der Waals surface area contributed by atoms with Crippen LogP contribution >= 0.6 is 23.2 Å². The molecule has 0 spiro atoms. The molecule has 1 heterocycles. The van der Waals surface area contributed by atoms with Crippen molar-refractivity contribution >= 4 is 42.1 Å². The maximum atomic E-state index is 6.29. The van der Waals surface area contributed by atoms with Gasteiger partial charge in [-0.2, -0.15) is 0 Å². The zero-order valence-corrected chi connectivity index (χ0v) is 15.7. The van der Waals surface area contributed by atoms with Crippen LogP contribution in [-0.4, -0.2) is 31.9 Å². The summed E-state index contributed by atoms with van der Waals surface area (Å²) in [5.41, 5.74) is 7.11. The summed E-state index contributed by atoms with van der Waals surface area (Å²) in [6.07, 6.45) is 1.91. The highest BCUT2D eigenvalue weighted by Crippen LogP contribution is 2.39. The van der Waals surface area contributed by atoms with E-state index in [1.807, 2.05) is 40.8 Å². The Morgan fingerprint density at radius 3 is 2.09 bits per heavy atom. The van der Waals surface area contributed by atoms with Crippen LogP contribution in [0.5, 0.6) is 0 Å². The number of hydrogen-bond acceptors (Lipinski definition) is 4. The van der Waals surface area contributed by atoms with Gasteiger partial charge in [0.15, 0.2) is 0 Å². The summed E-state index contributed by atoms with van der Waals surface area (Å²) in [5, 5.41) is 4.13. The Hall–Kier alpha value is -0.715. The van der Waals surface area contributed by atoms with Crippen molar-refractivity contribution in [1.29, 1.82) is 0 Å². The number of nitrogens with one attached hydrogen (secondary N) is 1. The molecule has 0 aromatic heterocycles. The van der Waals surface area contributed by atoms with E-state index < -0.39 is 18.3 Å². The lowest BCUT2D eigenvalue weighted by Gasteiger charge is -2.32. The molecule has 0 unspecified atom stereocenters. The predicted molar refractivity (Wildman–Crippen MR) is 98.9 cm³/mol. The Kier molecular flexibility index (Phi) is 5.39. The monoisotopic (exact) mass is 356 g/mol. The molecule has 0 atom stereocenters. The molecule has 4 nitrogen and oxygen atoms in total. The average Bonchev–Trinajstić information content (AvgIpc) is 2.61. The van der Waals surface area contributed by atoms with E-state index in [0.717, 1.165) is 5.47 Å². The summed E-state index contributed by atoms with van der Waals surface area (Å²) >= 11 is 12.6. The van der Waals surface area contributed by atoms with Crippen LogP contribution in [0.15, 0.2) is 17.6 Å². The minimum Gasteiger partial charge on any atom is -0.400 e. The van der Waals surface area contributed by atoms with Crippen molar-refractivity contribution in [1.82, 2.24) is 5.32 Å². The minimum atomic E-state index is -0.461. The molecule has 0 aliphatic carbocycles. The van der Waals surface area contributed by atoms with Crippen molar-refractivity contribution in [2.45, 2.75) is 38.9 Å². The molecule has 0 amide bonds. The van der Waals surface area contributed by atoms with Gasteiger partial charge < -0.3 is 20.4 Å². The zero-order chi connectivity index (χ0) is 17.4. The zero-order valence-electron chi connectivity index (χ0n) is 14.2. The molecule has 1 aromatic rings. The number of likely N-dealkylation sites (N-methyl/N-ethyl adjacent to an activating group) is 1. The molecule has 23 heavy (non-hydrogen) atoms. The van der Waals surface area contributed by atoms with E-state index in [4.69, 9.17) is 38.2 Å². The Bertz CT molecular complexity index is 594. The van der Waals surface area contributed by atoms with Gasteiger partial charge in [-0.15, -0.1) is 0 Å². The number of nitrogen functional groups attached to an aromatic ring is 1. The Balaban J connectivity index is 2.41. The first-order chi connectivity index (χ1) is 10.6. The summed E-state index contributed by atoms with van der Waals surface area (Å²) in [6.45, 7) is 8.68. The van der Waals surface area contributed by atoms with Crippen molar-refractivity contribution in [3.63, 3.8) is 0 Å². The standard InChI is InChI=1S/C16H23BCl2N2O2/c1-15(2)16(3,4)23-17(22-15)10(9-21-5)6-12-13(18)7-11(20)8-14(12)19/h6-8,21H,9,20H2,1-5H3. The van der Waals surface area contributed by atoms with E-state index in [2.05, 4.69) is 5.32 Å². The second-order valence-corrected chi connectivity index (χ2v) is 7.55. The number of halogens is 2. The van der Waals surface area contributed by atoms with Gasteiger partial charge in [0.2, 0.25) is 0 Å². The Labute approximate surface area is 148 Å². The number of rotatable bonds is 4. The molecule has 126 valence electrons. The van der Waals surface area contributed by atoms with Crippen molar-refractivity contribution in [3.05, 3.63) is 33.2 Å². The van der Waals surface area contributed by atoms with Crippen LogP contribution < -0.4 is 11.1 Å². The van der Waals surface area contributed by atoms with Gasteiger partial charge in [0, 0.05) is 17.8 Å². The lowest BCUT2D eigenvalue weighted by atomic mass is 9.77. The SMILES string of the molecule is CNCC(=Cc1c(Cl)cc(N)cc1Cl)B1OC(C)(C)C(C)(C)O1. The summed E-state index contributed by atoms with van der Waals surface area (Å²) < 4.78 is 12.2. The minimum absolute atomic E-state index is 0.404. The molecule has 0 radical (unpaired) electrons. The summed E-state index contributed by atoms with van der Waals surface area (Å²) in [5.74, 6) is 0. The van der Waals surface area contributed by atoms with E-state index in [0.29, 0.717) is 27.8 Å². The second-order valence-electron chi connectivity index (χ2n) is 6.74. The topological polar surface area (TPSA) is 56.5 Å². The fraction of sp³-hybridized carbons (Fsp3) is 0.500. The van der Waals surface area contributed by atoms with Crippen molar-refractivity contribution in [2.75, 3.05) is 19.3 Å². The third-order valence-corrected chi connectivity index (χ3v) is 4.99. The van der Waals surface area contributed by atoms with Crippen LogP contribution in [0.4, 0.5) is 5.69 Å². The number of hydrogen-bond donors (Lipinski definition) is 2. The van der Waals surface area contributed by atoms with Crippen LogP contribution in [-0.2, 0) is 9.31 Å². The number of nitrogens with two attached hydrogens (primary N) is 1. The van der Waals surface area contributed by atoms with Crippen molar-refractivity contribution in [2.24, 2.45) is 0 Å². The van der Waals surface area contributed by atoms with Gasteiger partial charge in [-0.25, -0.2) is 0 Å². The van der Waals surface area contributed by atoms with Crippen LogP contribution in [0, 0.1) is 0 Å². The van der Waals surface area contributed by atoms with E-state index in [1.165, 1.54) is 0 Å². The third-order valence-electron chi connectivity index (χ3n) is 4.37. The largest absolute Gasteiger partial charge is 0.491 e. The molecule has 1 fully saturated rings. The number of anilines is 1. The van der Waals surface area contributed by atoms with Crippen LogP contribution in [0.2, 0.25) is 10.0 Å². The first-order valence-corrected chi connectivity index (χ1v) is 8.28. The maximum Gasteiger partial charge on any atom is 0.491 e. The van der Waals surface area contributed by atoms with Crippen molar-refractivity contribution in [3.8, 4) is 0 Å². The molecule has 1 aliphatic rings. The highest BCUT2D eigenvalue weighted by molar-refractivity contribution is 6.56. The third kappa shape index (κ3) is 3.86. The van der Waals surface area contributed by atoms with Crippen LogP contribution in [0.25, 0.3) is 6.08 Å². The van der Waals surface area contributed by atoms with Gasteiger partial charge >= 0.3 is 7.12 Å². The van der Waals surface area contributed by atoms with E-state index in [-0.39, 0.29) is 0 Å². The summed E-state index contributed by atoms with van der Waals surface area (Å²) in [7, 11) is 1.41. The first-order valence-electron chi connectivity index (χ1n) is 7.52. The highest BCUT2D eigenvalue weighted by atomic mass is 35.5. The summed E-state index contributed by atoms with van der Waals surface area (Å²) in [4.78, 5) is 0. The van der Waals surface area contributed by atoms with Crippen molar-refractivity contribution < 1.29 is 9.31 Å². The van der Waals surface area contributed by atoms with E-state index >= 15 is 0 Å². The lowest BCUT2D eigenvalue weighted by Crippen LogP contribution is -2.41. The lowest BCUT2D eigenvalue weighted by molar-refractivity contribution is 0.00578. The van der Waals surface area contributed by atoms with E-state index in [9.17, 15) is 0 Å². The fourth-order valence-electron chi connectivity index (χ4n) is 2.33. The molecule has 1 saturated heterocycles. The van der Waals surface area contributed by atoms with Gasteiger partial charge in [0.25, 0.3) is 0 Å². The first kappa shape index (κ1) is 18.6. The normalized spacial score (nSPS) is 20.1. The molecule has 7 heteroatoms. The molecule has 3 N–H and O–H groups in total. The molecule has 2 rings (SSSR count). The maximum absolute atomic E-state index is 6.29. The smallest absolute Gasteiger partial charge is 0.400 e. The second kappa shape index (κ2) is 6.65. The van der Waals surface area contributed by atoms with Gasteiger partial charge in [0.1, 0.15) is 0 Å². The Morgan fingerprint density at radius 2 is 1.65 bits per heavy atom. The average molecular weight is 357 g/mol. The molecule has 1 aliphatic heterocycles. The highest BCUT2D eigenvalue weighted by Gasteiger charge is 2.52. The van der Waals surface area contributed by atoms with Crippen LogP contribution in [0.3, 0.4) is 0 Å². The van der Waals surface area contributed by atoms with Crippen LogP contribution in [0.1, 0.15) is 33.3 Å². The van der Waals surface area contributed by atoms with Gasteiger partial charge in [-0.3, -0.25) is 0 Å². The summed E-state index contributed by atoms with van der Waals surface area (Å²) in [6, 6.07) is 3.36. The molecule has 0 bridgehead atoms. The van der Waals surface area contributed by atoms with Gasteiger partial charge in [-0.1, -0.05) is 29.3 Å². The quantitative estimate of drug-likeness (QED) is 0.636. The predicted octanol–water partition coefficient (Wildman–Crippen LogP) is 3.81. The molecular weight excluding hydrogens is 334 g/mol. The van der Waals surface area contributed by atoms with E-state index in [1.54, 1.807) is 12.1 Å². The Morgan fingerprint density at radius 1 is 1.17 bits per heavy atom. The molecule has 1 aromatic carbocycles. The molecule has 0 saturated carbocycles.